The maximum absolute atomic E-state index is 5.94. The molecule has 0 unspecified atom stereocenters. The Morgan fingerprint density at radius 1 is 1.44 bits per heavy atom. The van der Waals surface area contributed by atoms with Crippen molar-refractivity contribution in [2.45, 2.75) is 31.2 Å². The van der Waals surface area contributed by atoms with Crippen molar-refractivity contribution in [2.24, 2.45) is 0 Å². The molecule has 0 amide bonds. The van der Waals surface area contributed by atoms with E-state index in [0.717, 1.165) is 30.1 Å². The fourth-order valence-corrected chi connectivity index (χ4v) is 2.33. The molecule has 0 bridgehead atoms. The molecule has 0 radical (unpaired) electrons. The van der Waals surface area contributed by atoms with Crippen LogP contribution in [0, 0.1) is 6.92 Å². The van der Waals surface area contributed by atoms with Crippen LogP contribution in [0.25, 0.3) is 5.65 Å². The van der Waals surface area contributed by atoms with Gasteiger partial charge in [0, 0.05) is 23.8 Å². The van der Waals surface area contributed by atoms with Crippen molar-refractivity contribution in [2.75, 3.05) is 5.32 Å². The highest BCUT2D eigenvalue weighted by atomic mass is 35.5. The van der Waals surface area contributed by atoms with Gasteiger partial charge in [0.15, 0.2) is 5.82 Å². The van der Waals surface area contributed by atoms with Gasteiger partial charge in [-0.1, -0.05) is 0 Å². The summed E-state index contributed by atoms with van der Waals surface area (Å²) in [5.74, 6) is 1.65. The minimum absolute atomic E-state index is 0.303. The second kappa shape index (κ2) is 3.59. The normalized spacial score (nSPS) is 24.4. The maximum Gasteiger partial charge on any atom is 0.203 e. The standard InChI is InChI=1S/C10H12ClN5/c1-6-14-15-10-9(12-2-3-16(6)10)13-8-4-7(11)5-8/h2-3,7-8H,4-5H2,1H3,(H,12,13). The van der Waals surface area contributed by atoms with E-state index in [0.29, 0.717) is 11.4 Å². The number of fused-ring (bicyclic) bond motifs is 1. The summed E-state index contributed by atoms with van der Waals surface area (Å²) >= 11 is 5.94. The van der Waals surface area contributed by atoms with Gasteiger partial charge in [-0.05, 0) is 19.8 Å². The quantitative estimate of drug-likeness (QED) is 0.807. The number of aromatic nitrogens is 4. The Morgan fingerprint density at radius 2 is 2.25 bits per heavy atom. The molecular weight excluding hydrogens is 226 g/mol. The predicted molar refractivity (Wildman–Crippen MR) is 61.8 cm³/mol. The molecule has 16 heavy (non-hydrogen) atoms. The smallest absolute Gasteiger partial charge is 0.203 e. The van der Waals surface area contributed by atoms with E-state index in [1.54, 1.807) is 6.20 Å². The summed E-state index contributed by atoms with van der Waals surface area (Å²) in [5, 5.41) is 11.8. The van der Waals surface area contributed by atoms with E-state index < -0.39 is 0 Å². The molecular formula is C10H12ClN5. The first-order valence-corrected chi connectivity index (χ1v) is 5.74. The Bertz CT molecular complexity index is 517. The minimum atomic E-state index is 0.303. The molecule has 5 nitrogen and oxygen atoms in total. The van der Waals surface area contributed by atoms with Crippen molar-refractivity contribution >= 4 is 23.1 Å². The predicted octanol–water partition coefficient (Wildman–Crippen LogP) is 1.61. The Hall–Kier alpha value is -1.36. The molecule has 2 aromatic rings. The number of rotatable bonds is 2. The van der Waals surface area contributed by atoms with Crippen LogP contribution in [-0.4, -0.2) is 31.0 Å². The zero-order valence-corrected chi connectivity index (χ0v) is 9.65. The molecule has 0 aromatic carbocycles. The molecule has 6 heteroatoms. The molecule has 0 spiro atoms. The third-order valence-corrected chi connectivity index (χ3v) is 3.28. The molecule has 84 valence electrons. The number of anilines is 1. The average molecular weight is 238 g/mol. The summed E-state index contributed by atoms with van der Waals surface area (Å²) < 4.78 is 1.92. The molecule has 1 saturated carbocycles. The second-order valence-electron chi connectivity index (χ2n) is 4.13. The number of alkyl halides is 1. The Kier molecular flexibility index (Phi) is 2.21. The van der Waals surface area contributed by atoms with Gasteiger partial charge in [0.2, 0.25) is 5.65 Å². The van der Waals surface area contributed by atoms with Gasteiger partial charge in [-0.2, -0.15) is 0 Å². The number of nitrogens with zero attached hydrogens (tertiary/aromatic N) is 4. The summed E-state index contributed by atoms with van der Waals surface area (Å²) in [5.41, 5.74) is 0.776. The SMILES string of the molecule is Cc1nnc2c(NC3CC(Cl)C3)nccn12. The monoisotopic (exact) mass is 237 g/mol. The Balaban J connectivity index is 1.91. The van der Waals surface area contributed by atoms with Crippen LogP contribution >= 0.6 is 11.6 Å². The fourth-order valence-electron chi connectivity index (χ4n) is 1.90. The molecule has 0 aliphatic heterocycles. The van der Waals surface area contributed by atoms with Crippen molar-refractivity contribution in [1.29, 1.82) is 0 Å². The lowest BCUT2D eigenvalue weighted by Crippen LogP contribution is -2.36. The van der Waals surface area contributed by atoms with Crippen LogP contribution in [-0.2, 0) is 0 Å². The first-order valence-electron chi connectivity index (χ1n) is 5.31. The van der Waals surface area contributed by atoms with Gasteiger partial charge in [0.25, 0.3) is 0 Å². The average Bonchev–Trinajstić information content (AvgIpc) is 2.60. The van der Waals surface area contributed by atoms with Gasteiger partial charge < -0.3 is 5.32 Å². The van der Waals surface area contributed by atoms with Crippen LogP contribution in [0.1, 0.15) is 18.7 Å². The summed E-state index contributed by atoms with van der Waals surface area (Å²) in [6.45, 7) is 1.92. The summed E-state index contributed by atoms with van der Waals surface area (Å²) in [6, 6.07) is 0.415. The zero-order chi connectivity index (χ0) is 11.1. The van der Waals surface area contributed by atoms with Crippen molar-refractivity contribution in [3.8, 4) is 0 Å². The zero-order valence-electron chi connectivity index (χ0n) is 8.89. The molecule has 1 N–H and O–H groups in total. The van der Waals surface area contributed by atoms with E-state index in [1.807, 2.05) is 17.5 Å². The molecule has 2 heterocycles. The highest BCUT2D eigenvalue weighted by molar-refractivity contribution is 6.21. The number of hydrogen-bond acceptors (Lipinski definition) is 4. The lowest BCUT2D eigenvalue weighted by Gasteiger charge is -2.31. The highest BCUT2D eigenvalue weighted by Gasteiger charge is 2.28. The highest BCUT2D eigenvalue weighted by Crippen LogP contribution is 2.28. The van der Waals surface area contributed by atoms with Gasteiger partial charge in [-0.15, -0.1) is 21.8 Å². The van der Waals surface area contributed by atoms with Crippen molar-refractivity contribution < 1.29 is 0 Å². The van der Waals surface area contributed by atoms with Gasteiger partial charge in [0.05, 0.1) is 0 Å². The molecule has 1 aliphatic rings. The number of hydrogen-bond donors (Lipinski definition) is 1. The van der Waals surface area contributed by atoms with E-state index in [4.69, 9.17) is 11.6 Å². The summed E-state index contributed by atoms with van der Waals surface area (Å²) in [6.07, 6.45) is 5.58. The van der Waals surface area contributed by atoms with Crippen LogP contribution in [0.5, 0.6) is 0 Å². The Morgan fingerprint density at radius 3 is 3.00 bits per heavy atom. The number of halogens is 1. The van der Waals surface area contributed by atoms with E-state index in [1.165, 1.54) is 0 Å². The Labute approximate surface area is 97.8 Å². The summed E-state index contributed by atoms with van der Waals surface area (Å²) in [4.78, 5) is 4.29. The number of nitrogens with one attached hydrogen (secondary N) is 1. The lowest BCUT2D eigenvalue weighted by atomic mass is 9.92. The van der Waals surface area contributed by atoms with Crippen molar-refractivity contribution in [3.63, 3.8) is 0 Å². The van der Waals surface area contributed by atoms with Gasteiger partial charge in [-0.25, -0.2) is 4.98 Å². The fraction of sp³-hybridized carbons (Fsp3) is 0.500. The largest absolute Gasteiger partial charge is 0.364 e. The third-order valence-electron chi connectivity index (χ3n) is 2.92. The van der Waals surface area contributed by atoms with E-state index in [-0.39, 0.29) is 0 Å². The third kappa shape index (κ3) is 1.51. The van der Waals surface area contributed by atoms with Crippen LogP contribution in [0.4, 0.5) is 5.82 Å². The molecule has 3 rings (SSSR count). The molecule has 0 atom stereocenters. The maximum atomic E-state index is 5.94. The summed E-state index contributed by atoms with van der Waals surface area (Å²) in [7, 11) is 0. The molecule has 2 aromatic heterocycles. The van der Waals surface area contributed by atoms with E-state index in [9.17, 15) is 0 Å². The first kappa shape index (κ1) is 9.84. The molecule has 1 aliphatic carbocycles. The van der Waals surface area contributed by atoms with Gasteiger partial charge in [-0.3, -0.25) is 4.40 Å². The van der Waals surface area contributed by atoms with Crippen molar-refractivity contribution in [1.82, 2.24) is 19.6 Å². The molecule has 1 fully saturated rings. The van der Waals surface area contributed by atoms with Crippen LogP contribution < -0.4 is 5.32 Å². The van der Waals surface area contributed by atoms with Crippen molar-refractivity contribution in [3.05, 3.63) is 18.2 Å². The minimum Gasteiger partial charge on any atom is -0.364 e. The van der Waals surface area contributed by atoms with Crippen LogP contribution in [0.15, 0.2) is 12.4 Å². The molecule has 0 saturated heterocycles. The first-order chi connectivity index (χ1) is 7.74. The number of aryl methyl sites for hydroxylation is 1. The second-order valence-corrected chi connectivity index (χ2v) is 4.74. The van der Waals surface area contributed by atoms with Crippen LogP contribution in [0.2, 0.25) is 0 Å². The van der Waals surface area contributed by atoms with Gasteiger partial charge in [0.1, 0.15) is 5.82 Å². The van der Waals surface area contributed by atoms with Crippen LogP contribution in [0.3, 0.4) is 0 Å². The lowest BCUT2D eigenvalue weighted by molar-refractivity contribution is 0.453. The van der Waals surface area contributed by atoms with E-state index >= 15 is 0 Å². The topological polar surface area (TPSA) is 55.1 Å². The van der Waals surface area contributed by atoms with E-state index in [2.05, 4.69) is 20.5 Å². The van der Waals surface area contributed by atoms with Gasteiger partial charge >= 0.3 is 0 Å².